The number of methoxy groups -OCH3 is 3. The van der Waals surface area contributed by atoms with Crippen LogP contribution >= 0.6 is 11.8 Å². The maximum atomic E-state index is 13.4. The molecule has 0 aliphatic carbocycles. The number of aliphatic hydroxyl groups is 1. The molecule has 7 nitrogen and oxygen atoms in total. The zero-order valence-electron chi connectivity index (χ0n) is 17.7. The molecule has 4 rings (SSSR count). The number of halogens is 1. The fourth-order valence-corrected chi connectivity index (χ4v) is 5.50. The number of allylic oxidation sites excluding steroid dienone is 1. The maximum absolute atomic E-state index is 13.4. The molecule has 0 bridgehead atoms. The highest BCUT2D eigenvalue weighted by Gasteiger charge is 2.52. The van der Waals surface area contributed by atoms with Crippen molar-refractivity contribution in [3.8, 4) is 23.3 Å². The number of fused-ring (bicyclic) bond motifs is 1. The lowest BCUT2D eigenvalue weighted by Crippen LogP contribution is -2.48. The first kappa shape index (κ1) is 22.0. The molecule has 1 saturated heterocycles. The van der Waals surface area contributed by atoms with E-state index in [0.29, 0.717) is 39.0 Å². The summed E-state index contributed by atoms with van der Waals surface area (Å²) in [5.74, 6) is 0.0535. The van der Waals surface area contributed by atoms with E-state index < -0.39 is 17.5 Å². The van der Waals surface area contributed by atoms with Crippen LogP contribution in [0.2, 0.25) is 0 Å². The summed E-state index contributed by atoms with van der Waals surface area (Å²) in [7, 11) is 4.48. The Balaban J connectivity index is 1.82. The van der Waals surface area contributed by atoms with Crippen LogP contribution in [0.4, 0.5) is 4.39 Å². The van der Waals surface area contributed by atoms with E-state index in [1.54, 1.807) is 12.1 Å². The van der Waals surface area contributed by atoms with Crippen molar-refractivity contribution in [3.63, 3.8) is 0 Å². The number of carbonyl (C=O) groups is 1. The molecular formula is C23H21FN2O5S. The van der Waals surface area contributed by atoms with Crippen LogP contribution in [0.25, 0.3) is 0 Å². The highest BCUT2D eigenvalue weighted by Crippen LogP contribution is 2.52. The van der Waals surface area contributed by atoms with Crippen molar-refractivity contribution >= 4 is 17.7 Å². The average Bonchev–Trinajstić information content (AvgIpc) is 3.17. The van der Waals surface area contributed by atoms with Gasteiger partial charge in [-0.15, -0.1) is 11.8 Å². The van der Waals surface area contributed by atoms with Gasteiger partial charge in [-0.3, -0.25) is 9.69 Å². The Labute approximate surface area is 189 Å². The van der Waals surface area contributed by atoms with Crippen LogP contribution in [-0.4, -0.2) is 43.0 Å². The quantitative estimate of drug-likeness (QED) is 0.736. The lowest BCUT2D eigenvalue weighted by Gasteiger charge is -2.38. The first-order chi connectivity index (χ1) is 15.4. The van der Waals surface area contributed by atoms with Crippen LogP contribution < -0.4 is 14.2 Å². The SMILES string of the molecule is COc1cc([C@@H]2CC(=O)N3C(=C2C#N)SC[C@]3(O)c2ccc(F)cc2)cc(OC)c1OC. The molecule has 2 aromatic rings. The van der Waals surface area contributed by atoms with E-state index in [1.165, 1.54) is 62.3 Å². The maximum Gasteiger partial charge on any atom is 0.231 e. The van der Waals surface area contributed by atoms with E-state index >= 15 is 0 Å². The summed E-state index contributed by atoms with van der Waals surface area (Å²) in [6, 6.07) is 11.0. The lowest BCUT2D eigenvalue weighted by molar-refractivity contribution is -0.149. The molecule has 0 unspecified atom stereocenters. The lowest BCUT2D eigenvalue weighted by atomic mass is 9.85. The summed E-state index contributed by atoms with van der Waals surface area (Å²) in [4.78, 5) is 14.5. The molecule has 1 fully saturated rings. The molecule has 1 N–H and O–H groups in total. The van der Waals surface area contributed by atoms with E-state index in [4.69, 9.17) is 14.2 Å². The van der Waals surface area contributed by atoms with Gasteiger partial charge in [0.2, 0.25) is 11.7 Å². The monoisotopic (exact) mass is 456 g/mol. The minimum atomic E-state index is -1.66. The third-order valence-electron chi connectivity index (χ3n) is 5.71. The third-order valence-corrected chi connectivity index (χ3v) is 6.93. The highest BCUT2D eigenvalue weighted by molar-refractivity contribution is 8.03. The van der Waals surface area contributed by atoms with Gasteiger partial charge in [-0.25, -0.2) is 4.39 Å². The first-order valence-corrected chi connectivity index (χ1v) is 10.7. The Morgan fingerprint density at radius 2 is 1.78 bits per heavy atom. The summed E-state index contributed by atoms with van der Waals surface area (Å²) < 4.78 is 29.6. The molecule has 0 radical (unpaired) electrons. The molecule has 1 amide bonds. The molecular weight excluding hydrogens is 435 g/mol. The van der Waals surface area contributed by atoms with Crippen LogP contribution in [0.3, 0.4) is 0 Å². The summed E-state index contributed by atoms with van der Waals surface area (Å²) in [5.41, 5.74) is -0.248. The Hall–Kier alpha value is -3.22. The molecule has 2 aliphatic rings. The number of ether oxygens (including phenoxy) is 3. The van der Waals surface area contributed by atoms with Crippen molar-refractivity contribution in [2.75, 3.05) is 27.1 Å². The summed E-state index contributed by atoms with van der Waals surface area (Å²) >= 11 is 1.23. The Bertz CT molecular complexity index is 1120. The number of hydrogen-bond acceptors (Lipinski definition) is 7. The second-order valence-corrected chi connectivity index (χ2v) is 8.35. The van der Waals surface area contributed by atoms with Crippen LogP contribution in [0.15, 0.2) is 47.0 Å². The van der Waals surface area contributed by atoms with Gasteiger partial charge in [0.1, 0.15) is 5.82 Å². The molecule has 2 heterocycles. The molecule has 2 atom stereocenters. The predicted molar refractivity (Wildman–Crippen MR) is 116 cm³/mol. The molecule has 2 aromatic carbocycles. The van der Waals surface area contributed by atoms with Crippen LogP contribution in [0, 0.1) is 17.1 Å². The first-order valence-electron chi connectivity index (χ1n) is 9.76. The fraction of sp³-hybridized carbons (Fsp3) is 0.304. The number of nitrogens with zero attached hydrogens (tertiary/aromatic N) is 2. The molecule has 2 aliphatic heterocycles. The van der Waals surface area contributed by atoms with Crippen molar-refractivity contribution < 1.29 is 28.5 Å². The van der Waals surface area contributed by atoms with E-state index in [9.17, 15) is 19.6 Å². The Kier molecular flexibility index (Phi) is 5.75. The summed E-state index contributed by atoms with van der Waals surface area (Å²) in [6.45, 7) is 0. The number of benzene rings is 2. The molecule has 0 spiro atoms. The smallest absolute Gasteiger partial charge is 0.231 e. The van der Waals surface area contributed by atoms with Gasteiger partial charge in [0.15, 0.2) is 17.2 Å². The average molecular weight is 456 g/mol. The van der Waals surface area contributed by atoms with Crippen LogP contribution in [-0.2, 0) is 10.5 Å². The molecule has 0 saturated carbocycles. The zero-order chi connectivity index (χ0) is 23.0. The van der Waals surface area contributed by atoms with Gasteiger partial charge in [0.05, 0.1) is 43.8 Å². The molecule has 32 heavy (non-hydrogen) atoms. The van der Waals surface area contributed by atoms with E-state index in [0.717, 1.165) is 0 Å². The number of thioether (sulfide) groups is 1. The Morgan fingerprint density at radius 1 is 1.16 bits per heavy atom. The Morgan fingerprint density at radius 3 is 2.31 bits per heavy atom. The largest absolute Gasteiger partial charge is 0.493 e. The highest BCUT2D eigenvalue weighted by atomic mass is 32.2. The number of nitriles is 1. The minimum Gasteiger partial charge on any atom is -0.493 e. The number of amides is 1. The summed E-state index contributed by atoms with van der Waals surface area (Å²) in [6.07, 6.45) is -0.0326. The second kappa shape index (κ2) is 8.37. The van der Waals surface area contributed by atoms with E-state index in [-0.39, 0.29) is 18.1 Å². The number of rotatable bonds is 5. The second-order valence-electron chi connectivity index (χ2n) is 7.39. The van der Waals surface area contributed by atoms with Crippen molar-refractivity contribution in [2.45, 2.75) is 18.1 Å². The van der Waals surface area contributed by atoms with Crippen molar-refractivity contribution in [3.05, 3.63) is 63.9 Å². The zero-order valence-corrected chi connectivity index (χ0v) is 18.5. The molecule has 9 heteroatoms. The van der Waals surface area contributed by atoms with Gasteiger partial charge in [0, 0.05) is 17.9 Å². The number of hydrogen-bond donors (Lipinski definition) is 1. The van der Waals surface area contributed by atoms with Gasteiger partial charge < -0.3 is 19.3 Å². The number of carbonyl (C=O) groups excluding carboxylic acids is 1. The topological polar surface area (TPSA) is 92.0 Å². The van der Waals surface area contributed by atoms with Crippen molar-refractivity contribution in [2.24, 2.45) is 0 Å². The predicted octanol–water partition coefficient (Wildman–Crippen LogP) is 3.49. The van der Waals surface area contributed by atoms with Gasteiger partial charge >= 0.3 is 0 Å². The summed E-state index contributed by atoms with van der Waals surface area (Å²) in [5, 5.41) is 21.8. The molecule has 0 aromatic heterocycles. The third kappa shape index (κ3) is 3.36. The van der Waals surface area contributed by atoms with Gasteiger partial charge in [-0.1, -0.05) is 12.1 Å². The van der Waals surface area contributed by atoms with E-state index in [2.05, 4.69) is 6.07 Å². The van der Waals surface area contributed by atoms with Crippen molar-refractivity contribution in [1.82, 2.24) is 4.90 Å². The van der Waals surface area contributed by atoms with Gasteiger partial charge in [-0.2, -0.15) is 5.26 Å². The normalized spacial score (nSPS) is 22.4. The van der Waals surface area contributed by atoms with Crippen LogP contribution in [0.5, 0.6) is 17.2 Å². The van der Waals surface area contributed by atoms with Gasteiger partial charge in [0.25, 0.3) is 0 Å². The standard InChI is InChI=1S/C23H21FN2O5S/c1-29-18-8-13(9-19(30-2)21(18)31-3)16-10-20(27)26-22(17(16)11-25)32-12-23(26,28)14-4-6-15(24)7-5-14/h4-9,16,28H,10,12H2,1-3H3/t16-,23-/m0/s1. The van der Waals surface area contributed by atoms with E-state index in [1.807, 2.05) is 0 Å². The van der Waals surface area contributed by atoms with Gasteiger partial charge in [-0.05, 0) is 29.8 Å². The fourth-order valence-electron chi connectivity index (χ4n) is 4.14. The van der Waals surface area contributed by atoms with Crippen molar-refractivity contribution in [1.29, 1.82) is 5.26 Å². The minimum absolute atomic E-state index is 0.0326. The molecule has 166 valence electrons. The van der Waals surface area contributed by atoms with Crippen LogP contribution in [0.1, 0.15) is 23.5 Å².